The van der Waals surface area contributed by atoms with Gasteiger partial charge >= 0.3 is 0 Å². The smallest absolute Gasteiger partial charge is 0.210 e. The summed E-state index contributed by atoms with van der Waals surface area (Å²) in [4.78, 5) is 0. The Morgan fingerprint density at radius 1 is 1.12 bits per heavy atom. The molecule has 0 bridgehead atoms. The molecule has 3 rings (SSSR count). The summed E-state index contributed by atoms with van der Waals surface area (Å²) in [6.07, 6.45) is 0. The molecule has 1 heterocycles. The SMILES string of the molecule is Nn1c(SCCOc2ccccc2F)nnc1-c1ccc(Cl)cc1. The zero-order valence-corrected chi connectivity index (χ0v) is 14.1. The van der Waals surface area contributed by atoms with Gasteiger partial charge in [-0.2, -0.15) is 0 Å². The maximum absolute atomic E-state index is 13.4. The predicted octanol–water partition coefficient (Wildman–Crippen LogP) is 3.62. The molecule has 2 N–H and O–H groups in total. The zero-order chi connectivity index (χ0) is 16.9. The van der Waals surface area contributed by atoms with Crippen LogP contribution in [0.25, 0.3) is 11.4 Å². The van der Waals surface area contributed by atoms with Crippen molar-refractivity contribution >= 4 is 23.4 Å². The van der Waals surface area contributed by atoms with Crippen molar-refractivity contribution in [3.63, 3.8) is 0 Å². The van der Waals surface area contributed by atoms with E-state index in [2.05, 4.69) is 10.2 Å². The van der Waals surface area contributed by atoms with Gasteiger partial charge in [0.1, 0.15) is 0 Å². The first kappa shape index (κ1) is 16.6. The number of hydrogen-bond donors (Lipinski definition) is 1. The van der Waals surface area contributed by atoms with E-state index < -0.39 is 0 Å². The van der Waals surface area contributed by atoms with Gasteiger partial charge in [-0.1, -0.05) is 35.5 Å². The second-order valence-corrected chi connectivity index (χ2v) is 6.31. The van der Waals surface area contributed by atoms with E-state index in [1.54, 1.807) is 30.3 Å². The molecule has 0 fully saturated rings. The number of nitrogens with zero attached hydrogens (tertiary/aromatic N) is 3. The van der Waals surface area contributed by atoms with E-state index in [1.807, 2.05) is 12.1 Å². The molecular weight excluding hydrogens is 351 g/mol. The molecule has 0 saturated carbocycles. The Morgan fingerprint density at radius 2 is 1.88 bits per heavy atom. The number of rotatable bonds is 6. The van der Waals surface area contributed by atoms with Crippen LogP contribution >= 0.6 is 23.4 Å². The highest BCUT2D eigenvalue weighted by atomic mass is 35.5. The van der Waals surface area contributed by atoms with Crippen molar-refractivity contribution in [2.75, 3.05) is 18.2 Å². The minimum atomic E-state index is -0.380. The fourth-order valence-corrected chi connectivity index (χ4v) is 2.82. The van der Waals surface area contributed by atoms with E-state index in [-0.39, 0.29) is 11.6 Å². The number of nitrogens with two attached hydrogens (primary N) is 1. The molecule has 0 radical (unpaired) electrons. The van der Waals surface area contributed by atoms with Gasteiger partial charge in [0, 0.05) is 16.3 Å². The summed E-state index contributed by atoms with van der Waals surface area (Å²) in [5, 5.41) is 9.35. The average Bonchev–Trinajstić information content (AvgIpc) is 2.95. The van der Waals surface area contributed by atoms with Crippen LogP contribution < -0.4 is 10.6 Å². The van der Waals surface area contributed by atoms with Crippen molar-refractivity contribution in [2.45, 2.75) is 5.16 Å². The first-order valence-electron chi connectivity index (χ1n) is 7.11. The van der Waals surface area contributed by atoms with Crippen molar-refractivity contribution in [3.8, 4) is 17.1 Å². The van der Waals surface area contributed by atoms with Crippen LogP contribution in [0.3, 0.4) is 0 Å². The molecule has 0 atom stereocenters. The Labute approximate surface area is 147 Å². The van der Waals surface area contributed by atoms with Crippen molar-refractivity contribution in [1.82, 2.24) is 14.9 Å². The Kier molecular flexibility index (Phi) is 5.22. The van der Waals surface area contributed by atoms with Crippen molar-refractivity contribution in [2.24, 2.45) is 0 Å². The van der Waals surface area contributed by atoms with Gasteiger partial charge in [-0.25, -0.2) is 9.07 Å². The summed E-state index contributed by atoms with van der Waals surface area (Å²) in [7, 11) is 0. The topological polar surface area (TPSA) is 66.0 Å². The fourth-order valence-electron chi connectivity index (χ4n) is 2.02. The second kappa shape index (κ2) is 7.55. The summed E-state index contributed by atoms with van der Waals surface area (Å²) in [5.74, 6) is 6.98. The molecule has 8 heteroatoms. The Hall–Kier alpha value is -2.25. The van der Waals surface area contributed by atoms with E-state index >= 15 is 0 Å². The Balaban J connectivity index is 1.58. The third-order valence-electron chi connectivity index (χ3n) is 3.18. The van der Waals surface area contributed by atoms with Crippen LogP contribution in [0.2, 0.25) is 5.02 Å². The van der Waals surface area contributed by atoms with Crippen LogP contribution in [-0.2, 0) is 0 Å². The summed E-state index contributed by atoms with van der Waals surface area (Å²) in [6, 6.07) is 13.5. The quantitative estimate of drug-likeness (QED) is 0.411. The summed E-state index contributed by atoms with van der Waals surface area (Å²) in [6.45, 7) is 0.328. The Morgan fingerprint density at radius 3 is 2.62 bits per heavy atom. The van der Waals surface area contributed by atoms with E-state index in [4.69, 9.17) is 22.2 Å². The Bertz CT molecular complexity index is 825. The van der Waals surface area contributed by atoms with E-state index in [9.17, 15) is 4.39 Å². The molecule has 2 aromatic carbocycles. The van der Waals surface area contributed by atoms with Gasteiger partial charge in [-0.05, 0) is 36.4 Å². The predicted molar refractivity (Wildman–Crippen MR) is 93.2 cm³/mol. The van der Waals surface area contributed by atoms with Gasteiger partial charge in [0.2, 0.25) is 5.16 Å². The minimum Gasteiger partial charge on any atom is -0.490 e. The monoisotopic (exact) mass is 364 g/mol. The molecule has 0 aliphatic rings. The van der Waals surface area contributed by atoms with E-state index in [0.717, 1.165) is 5.56 Å². The second-order valence-electron chi connectivity index (χ2n) is 4.81. The van der Waals surface area contributed by atoms with Crippen LogP contribution in [0, 0.1) is 5.82 Å². The normalized spacial score (nSPS) is 10.8. The van der Waals surface area contributed by atoms with Crippen molar-refractivity contribution in [3.05, 3.63) is 59.4 Å². The number of ether oxygens (including phenoxy) is 1. The molecule has 0 aliphatic heterocycles. The molecule has 124 valence electrons. The summed E-state index contributed by atoms with van der Waals surface area (Å²) in [5.41, 5.74) is 0.823. The highest BCUT2D eigenvalue weighted by Gasteiger charge is 2.12. The summed E-state index contributed by atoms with van der Waals surface area (Å²) < 4.78 is 20.2. The number of thioether (sulfide) groups is 1. The molecule has 0 aliphatic carbocycles. The highest BCUT2D eigenvalue weighted by Crippen LogP contribution is 2.23. The first-order chi connectivity index (χ1) is 11.6. The largest absolute Gasteiger partial charge is 0.490 e. The molecule has 24 heavy (non-hydrogen) atoms. The maximum Gasteiger partial charge on any atom is 0.210 e. The van der Waals surface area contributed by atoms with Crippen LogP contribution in [0.4, 0.5) is 4.39 Å². The fraction of sp³-hybridized carbons (Fsp3) is 0.125. The van der Waals surface area contributed by atoms with Gasteiger partial charge in [0.05, 0.1) is 6.61 Å². The summed E-state index contributed by atoms with van der Waals surface area (Å²) >= 11 is 7.25. The van der Waals surface area contributed by atoms with Gasteiger partial charge in [0.25, 0.3) is 0 Å². The molecule has 0 saturated heterocycles. The zero-order valence-electron chi connectivity index (χ0n) is 12.5. The van der Waals surface area contributed by atoms with Gasteiger partial charge in [0.15, 0.2) is 17.4 Å². The third-order valence-corrected chi connectivity index (χ3v) is 4.33. The van der Waals surface area contributed by atoms with Gasteiger partial charge in [-0.15, -0.1) is 10.2 Å². The van der Waals surface area contributed by atoms with E-state index in [1.165, 1.54) is 22.5 Å². The number of halogens is 2. The minimum absolute atomic E-state index is 0.231. The molecular formula is C16H14ClFN4OS. The number of nitrogen functional groups attached to an aromatic ring is 1. The molecule has 0 unspecified atom stereocenters. The molecule has 0 amide bonds. The molecule has 3 aromatic rings. The third kappa shape index (κ3) is 3.80. The van der Waals surface area contributed by atoms with Crippen LogP contribution in [0.15, 0.2) is 53.7 Å². The van der Waals surface area contributed by atoms with Crippen LogP contribution in [0.5, 0.6) is 5.75 Å². The average molecular weight is 365 g/mol. The van der Waals surface area contributed by atoms with Crippen LogP contribution in [0.1, 0.15) is 0 Å². The lowest BCUT2D eigenvalue weighted by Crippen LogP contribution is -2.12. The van der Waals surface area contributed by atoms with Crippen LogP contribution in [-0.4, -0.2) is 27.2 Å². The lowest BCUT2D eigenvalue weighted by Gasteiger charge is -2.07. The van der Waals surface area contributed by atoms with Gasteiger partial charge in [-0.3, -0.25) is 0 Å². The van der Waals surface area contributed by atoms with E-state index in [0.29, 0.717) is 28.4 Å². The standard InChI is InChI=1S/C16H14ClFN4OS/c17-12-7-5-11(6-8-12)15-20-21-16(22(15)19)24-10-9-23-14-4-2-1-3-13(14)18/h1-8H,9-10,19H2. The molecule has 0 spiro atoms. The number of hydrogen-bond acceptors (Lipinski definition) is 5. The van der Waals surface area contributed by atoms with Crippen molar-refractivity contribution in [1.29, 1.82) is 0 Å². The maximum atomic E-state index is 13.4. The lowest BCUT2D eigenvalue weighted by molar-refractivity contribution is 0.325. The number of aromatic nitrogens is 3. The number of para-hydroxylation sites is 1. The van der Waals surface area contributed by atoms with Crippen molar-refractivity contribution < 1.29 is 9.13 Å². The molecule has 1 aromatic heterocycles. The molecule has 5 nitrogen and oxygen atoms in total. The first-order valence-corrected chi connectivity index (χ1v) is 8.48. The highest BCUT2D eigenvalue weighted by molar-refractivity contribution is 7.99. The number of benzene rings is 2. The van der Waals surface area contributed by atoms with Gasteiger partial charge < -0.3 is 10.6 Å². The lowest BCUT2D eigenvalue weighted by atomic mass is 10.2.